The molecule has 0 unspecified atom stereocenters. The zero-order chi connectivity index (χ0) is 20.8. The molecule has 0 radical (unpaired) electrons. The van der Waals surface area contributed by atoms with Gasteiger partial charge in [-0.1, -0.05) is 17.7 Å². The second-order valence-electron chi connectivity index (χ2n) is 6.33. The number of nitrogens with zero attached hydrogens (tertiary/aromatic N) is 3. The molecule has 4 N–H and O–H groups in total. The quantitative estimate of drug-likeness (QED) is 0.365. The first-order valence-corrected chi connectivity index (χ1v) is 9.53. The maximum atomic E-state index is 12.2. The monoisotopic (exact) mass is 419 g/mol. The van der Waals surface area contributed by atoms with Gasteiger partial charge >= 0.3 is 6.03 Å². The molecule has 1 aromatic carbocycles. The molecule has 2 amide bonds. The van der Waals surface area contributed by atoms with E-state index in [-0.39, 0.29) is 6.03 Å². The summed E-state index contributed by atoms with van der Waals surface area (Å²) in [6.07, 6.45) is 5.07. The molecule has 0 atom stereocenters. The van der Waals surface area contributed by atoms with Crippen molar-refractivity contribution in [2.75, 3.05) is 10.6 Å². The first-order chi connectivity index (χ1) is 14.7. The minimum absolute atomic E-state index is 0.292. The molecule has 0 spiro atoms. The van der Waals surface area contributed by atoms with Gasteiger partial charge in [0.2, 0.25) is 5.95 Å². The number of rotatable bonds is 6. The lowest BCUT2D eigenvalue weighted by atomic mass is 10.2. The summed E-state index contributed by atoms with van der Waals surface area (Å²) in [6, 6.07) is 16.1. The molecule has 4 rings (SSSR count). The highest BCUT2D eigenvalue weighted by Crippen LogP contribution is 2.20. The van der Waals surface area contributed by atoms with Gasteiger partial charge in [-0.3, -0.25) is 4.98 Å². The van der Waals surface area contributed by atoms with Crippen molar-refractivity contribution in [1.82, 2.24) is 25.3 Å². The van der Waals surface area contributed by atoms with Gasteiger partial charge in [-0.05, 0) is 48.5 Å². The van der Waals surface area contributed by atoms with Gasteiger partial charge in [-0.15, -0.1) is 0 Å². The van der Waals surface area contributed by atoms with Crippen molar-refractivity contribution in [2.24, 2.45) is 0 Å². The fraction of sp³-hybridized carbons (Fsp3) is 0.0476. The van der Waals surface area contributed by atoms with E-state index in [2.05, 4.69) is 35.9 Å². The number of aromatic nitrogens is 4. The van der Waals surface area contributed by atoms with Gasteiger partial charge in [-0.25, -0.2) is 14.8 Å². The first-order valence-electron chi connectivity index (χ1n) is 9.15. The predicted octanol–water partition coefficient (Wildman–Crippen LogP) is 4.59. The Balaban J connectivity index is 1.37. The normalized spacial score (nSPS) is 10.4. The third-order valence-corrected chi connectivity index (χ3v) is 4.35. The van der Waals surface area contributed by atoms with Crippen LogP contribution in [0.15, 0.2) is 73.2 Å². The number of hydrogen-bond donors (Lipinski definition) is 4. The molecule has 0 aliphatic heterocycles. The molecule has 0 aliphatic carbocycles. The summed E-state index contributed by atoms with van der Waals surface area (Å²) in [5, 5.41) is 9.25. The molecule has 30 heavy (non-hydrogen) atoms. The Morgan fingerprint density at radius 2 is 1.93 bits per heavy atom. The highest BCUT2D eigenvalue weighted by Gasteiger charge is 2.06. The smallest absolute Gasteiger partial charge is 0.319 e. The predicted molar refractivity (Wildman–Crippen MR) is 117 cm³/mol. The van der Waals surface area contributed by atoms with E-state index in [0.717, 1.165) is 17.1 Å². The molecule has 0 aliphatic rings. The molecular formula is C21H18ClN7O. The van der Waals surface area contributed by atoms with E-state index in [1.807, 2.05) is 36.5 Å². The number of amides is 2. The molecule has 150 valence electrons. The molecule has 3 aromatic heterocycles. The number of benzene rings is 1. The number of hydrogen-bond acceptors (Lipinski definition) is 5. The number of nitrogens with one attached hydrogen (secondary N) is 4. The number of aromatic amines is 1. The highest BCUT2D eigenvalue weighted by molar-refractivity contribution is 6.30. The van der Waals surface area contributed by atoms with Gasteiger partial charge in [0.25, 0.3) is 0 Å². The molecular weight excluding hydrogens is 402 g/mol. The fourth-order valence-electron chi connectivity index (χ4n) is 2.72. The summed E-state index contributed by atoms with van der Waals surface area (Å²) >= 11 is 5.81. The van der Waals surface area contributed by atoms with Gasteiger partial charge in [0.15, 0.2) is 0 Å². The Bertz CT molecular complexity index is 1130. The highest BCUT2D eigenvalue weighted by atomic mass is 35.5. The summed E-state index contributed by atoms with van der Waals surface area (Å²) in [6.45, 7) is 0.292. The third-order valence-electron chi connectivity index (χ3n) is 4.12. The second kappa shape index (κ2) is 9.06. The SMILES string of the molecule is O=C(NCc1ccc(Cl)cn1)Nc1cccc(Nc2nccc(-c3ccc[nH]3)n2)c1. The van der Waals surface area contributed by atoms with Crippen LogP contribution in [-0.4, -0.2) is 26.0 Å². The summed E-state index contributed by atoms with van der Waals surface area (Å²) < 4.78 is 0. The van der Waals surface area contributed by atoms with Crippen molar-refractivity contribution in [2.45, 2.75) is 6.54 Å². The van der Waals surface area contributed by atoms with Crippen molar-refractivity contribution >= 4 is 35.0 Å². The van der Waals surface area contributed by atoms with E-state index in [4.69, 9.17) is 11.6 Å². The van der Waals surface area contributed by atoms with Gasteiger partial charge in [0, 0.05) is 30.0 Å². The van der Waals surface area contributed by atoms with E-state index in [9.17, 15) is 4.79 Å². The van der Waals surface area contributed by atoms with Crippen LogP contribution in [0.4, 0.5) is 22.1 Å². The summed E-state index contributed by atoms with van der Waals surface area (Å²) in [7, 11) is 0. The van der Waals surface area contributed by atoms with Gasteiger partial charge in [-0.2, -0.15) is 0 Å². The zero-order valence-corrected chi connectivity index (χ0v) is 16.5. The van der Waals surface area contributed by atoms with E-state index >= 15 is 0 Å². The number of pyridine rings is 1. The zero-order valence-electron chi connectivity index (χ0n) is 15.8. The molecule has 4 aromatic rings. The Morgan fingerprint density at radius 1 is 1.03 bits per heavy atom. The van der Waals surface area contributed by atoms with Crippen LogP contribution in [0, 0.1) is 0 Å². The molecule has 9 heteroatoms. The van der Waals surface area contributed by atoms with E-state index in [0.29, 0.717) is 28.9 Å². The van der Waals surface area contributed by atoms with E-state index in [1.165, 1.54) is 0 Å². The van der Waals surface area contributed by atoms with Gasteiger partial charge < -0.3 is 20.9 Å². The van der Waals surface area contributed by atoms with E-state index < -0.39 is 0 Å². The molecule has 3 heterocycles. The minimum Gasteiger partial charge on any atom is -0.360 e. The number of carbonyl (C=O) groups excluding carboxylic acids is 1. The number of carbonyl (C=O) groups is 1. The molecule has 0 saturated heterocycles. The van der Waals surface area contributed by atoms with Crippen LogP contribution in [0.5, 0.6) is 0 Å². The van der Waals surface area contributed by atoms with Crippen LogP contribution < -0.4 is 16.0 Å². The van der Waals surface area contributed by atoms with Crippen LogP contribution in [0.2, 0.25) is 5.02 Å². The van der Waals surface area contributed by atoms with Crippen LogP contribution >= 0.6 is 11.6 Å². The van der Waals surface area contributed by atoms with Gasteiger partial charge in [0.05, 0.1) is 28.6 Å². The minimum atomic E-state index is -0.339. The average molecular weight is 420 g/mol. The van der Waals surface area contributed by atoms with Crippen LogP contribution in [0.1, 0.15) is 5.69 Å². The van der Waals surface area contributed by atoms with Crippen LogP contribution in [-0.2, 0) is 6.54 Å². The Hall–Kier alpha value is -3.91. The van der Waals surface area contributed by atoms with Crippen molar-refractivity contribution in [3.05, 3.63) is 83.9 Å². The standard InChI is InChI=1S/C21H18ClN7O/c22-14-6-7-17(25-12-14)13-26-21(30)28-16-4-1-3-15(11-16)27-20-24-10-8-19(29-20)18-5-2-9-23-18/h1-12,23H,13H2,(H,24,27,29)(H2,26,28,30). The Morgan fingerprint density at radius 3 is 2.73 bits per heavy atom. The second-order valence-corrected chi connectivity index (χ2v) is 6.77. The molecule has 0 saturated carbocycles. The largest absolute Gasteiger partial charge is 0.360 e. The molecule has 0 bridgehead atoms. The maximum Gasteiger partial charge on any atom is 0.319 e. The van der Waals surface area contributed by atoms with Crippen molar-refractivity contribution in [3.63, 3.8) is 0 Å². The van der Waals surface area contributed by atoms with Crippen LogP contribution in [0.3, 0.4) is 0 Å². The lowest BCUT2D eigenvalue weighted by Gasteiger charge is -2.10. The molecule has 0 fully saturated rings. The number of anilines is 3. The maximum absolute atomic E-state index is 12.2. The molecule has 8 nitrogen and oxygen atoms in total. The van der Waals surface area contributed by atoms with Gasteiger partial charge in [0.1, 0.15) is 0 Å². The average Bonchev–Trinajstić information content (AvgIpc) is 3.29. The number of H-pyrrole nitrogens is 1. The fourth-order valence-corrected chi connectivity index (χ4v) is 2.83. The summed E-state index contributed by atoms with van der Waals surface area (Å²) in [4.78, 5) is 28.2. The van der Waals surface area contributed by atoms with Crippen molar-refractivity contribution in [3.8, 4) is 11.4 Å². The summed E-state index contributed by atoms with van der Waals surface area (Å²) in [5.41, 5.74) is 3.77. The van der Waals surface area contributed by atoms with E-state index in [1.54, 1.807) is 36.7 Å². The number of urea groups is 1. The van der Waals surface area contributed by atoms with Crippen LogP contribution in [0.25, 0.3) is 11.4 Å². The topological polar surface area (TPSA) is 108 Å². The Kier molecular flexibility index (Phi) is 5.86. The third kappa shape index (κ3) is 5.12. The summed E-state index contributed by atoms with van der Waals surface area (Å²) in [5.74, 6) is 0.456. The number of halogens is 1. The van der Waals surface area contributed by atoms with Crippen molar-refractivity contribution in [1.29, 1.82) is 0 Å². The van der Waals surface area contributed by atoms with Crippen molar-refractivity contribution < 1.29 is 4.79 Å². The lowest BCUT2D eigenvalue weighted by Crippen LogP contribution is -2.28. The lowest BCUT2D eigenvalue weighted by molar-refractivity contribution is 0.251. The Labute approximate surface area is 177 Å². The first kappa shape index (κ1) is 19.4.